The van der Waals surface area contributed by atoms with Crippen LogP contribution in [0.3, 0.4) is 0 Å². The molecule has 0 fully saturated rings. The van der Waals surface area contributed by atoms with Crippen molar-refractivity contribution in [2.75, 3.05) is 11.9 Å². The molecule has 3 rings (SSSR count). The summed E-state index contributed by atoms with van der Waals surface area (Å²) in [6, 6.07) is 20.9. The average Bonchev–Trinajstić information content (AvgIpc) is 2.76. The number of ether oxygens (including phenoxy) is 1. The Kier molecular flexibility index (Phi) is 7.68. The molecule has 6 nitrogen and oxygen atoms in total. The highest BCUT2D eigenvalue weighted by Gasteiger charge is 2.26. The summed E-state index contributed by atoms with van der Waals surface area (Å²) in [6.07, 6.45) is 0.191. The van der Waals surface area contributed by atoms with E-state index in [-0.39, 0.29) is 11.3 Å². The molecule has 0 bridgehead atoms. The molecule has 8 heteroatoms. The van der Waals surface area contributed by atoms with Crippen molar-refractivity contribution in [2.24, 2.45) is 0 Å². The third-order valence-electron chi connectivity index (χ3n) is 4.45. The van der Waals surface area contributed by atoms with Gasteiger partial charge >= 0.3 is 0 Å². The Bertz CT molecular complexity index is 1100. The fourth-order valence-electron chi connectivity index (χ4n) is 2.94. The van der Waals surface area contributed by atoms with Crippen LogP contribution in [0.2, 0.25) is 5.02 Å². The first-order chi connectivity index (χ1) is 14.9. The maximum absolute atomic E-state index is 13.0. The van der Waals surface area contributed by atoms with Crippen molar-refractivity contribution in [2.45, 2.75) is 24.3 Å². The number of benzene rings is 3. The van der Waals surface area contributed by atoms with Gasteiger partial charge in [0.25, 0.3) is 0 Å². The molecular formula is C23H23ClN2O4S. The average molecular weight is 459 g/mol. The van der Waals surface area contributed by atoms with Crippen LogP contribution in [0.15, 0.2) is 83.8 Å². The molecule has 31 heavy (non-hydrogen) atoms. The van der Waals surface area contributed by atoms with Crippen molar-refractivity contribution < 1.29 is 17.9 Å². The van der Waals surface area contributed by atoms with Gasteiger partial charge in [0.2, 0.25) is 15.9 Å². The van der Waals surface area contributed by atoms with Crippen LogP contribution in [-0.4, -0.2) is 27.0 Å². The number of sulfonamides is 1. The molecule has 0 aliphatic carbocycles. The second-order valence-corrected chi connectivity index (χ2v) is 8.91. The van der Waals surface area contributed by atoms with E-state index in [0.717, 1.165) is 5.56 Å². The van der Waals surface area contributed by atoms with Crippen molar-refractivity contribution >= 4 is 33.2 Å². The lowest BCUT2D eigenvalue weighted by atomic mass is 10.1. The third-order valence-corrected chi connectivity index (χ3v) is 6.19. The first-order valence-corrected chi connectivity index (χ1v) is 11.6. The minimum Gasteiger partial charge on any atom is -0.494 e. The number of anilines is 1. The zero-order chi connectivity index (χ0) is 22.3. The maximum atomic E-state index is 13.0. The standard InChI is InChI=1S/C23H23ClN2O4S/c1-2-30-20-12-10-19(11-13-20)25-23(27)22(16-17-6-4-3-5-7-17)26-31(28,29)21-14-8-18(24)9-15-21/h3-15,22,26H,2,16H2,1H3,(H,25,27)/t22-/m1/s1. The van der Waals surface area contributed by atoms with E-state index in [1.54, 1.807) is 24.3 Å². The largest absolute Gasteiger partial charge is 0.494 e. The quantitative estimate of drug-likeness (QED) is 0.501. The second kappa shape index (κ2) is 10.4. The van der Waals surface area contributed by atoms with Gasteiger partial charge in [-0.05, 0) is 67.4 Å². The van der Waals surface area contributed by atoms with Gasteiger partial charge in [-0.15, -0.1) is 0 Å². The molecule has 1 amide bonds. The lowest BCUT2D eigenvalue weighted by Crippen LogP contribution is -2.45. The van der Waals surface area contributed by atoms with Crippen molar-refractivity contribution in [1.82, 2.24) is 4.72 Å². The molecule has 0 spiro atoms. The van der Waals surface area contributed by atoms with Crippen molar-refractivity contribution in [3.63, 3.8) is 0 Å². The van der Waals surface area contributed by atoms with Gasteiger partial charge in [-0.3, -0.25) is 4.79 Å². The van der Waals surface area contributed by atoms with E-state index in [2.05, 4.69) is 10.0 Å². The summed E-state index contributed by atoms with van der Waals surface area (Å²) in [6.45, 7) is 2.42. The maximum Gasteiger partial charge on any atom is 0.242 e. The van der Waals surface area contributed by atoms with Crippen LogP contribution < -0.4 is 14.8 Å². The number of carbonyl (C=O) groups is 1. The van der Waals surface area contributed by atoms with Gasteiger partial charge in [-0.1, -0.05) is 41.9 Å². The van der Waals surface area contributed by atoms with E-state index < -0.39 is 22.0 Å². The molecule has 2 N–H and O–H groups in total. The van der Waals surface area contributed by atoms with Gasteiger partial charge < -0.3 is 10.1 Å². The molecule has 3 aromatic carbocycles. The van der Waals surface area contributed by atoms with Crippen molar-refractivity contribution in [1.29, 1.82) is 0 Å². The Hall–Kier alpha value is -2.87. The van der Waals surface area contributed by atoms with Gasteiger partial charge in [0.05, 0.1) is 11.5 Å². The topological polar surface area (TPSA) is 84.5 Å². The number of halogens is 1. The van der Waals surface area contributed by atoms with Crippen LogP contribution in [0.1, 0.15) is 12.5 Å². The summed E-state index contributed by atoms with van der Waals surface area (Å²) in [5, 5.41) is 3.20. The lowest BCUT2D eigenvalue weighted by molar-refractivity contribution is -0.117. The predicted molar refractivity (Wildman–Crippen MR) is 122 cm³/mol. The molecule has 1 atom stereocenters. The first kappa shape index (κ1) is 22.8. The Morgan fingerprint density at radius 1 is 0.968 bits per heavy atom. The molecule has 0 aliphatic rings. The normalized spacial score (nSPS) is 12.2. The summed E-state index contributed by atoms with van der Waals surface area (Å²) in [4.78, 5) is 13.0. The monoisotopic (exact) mass is 458 g/mol. The highest BCUT2D eigenvalue weighted by atomic mass is 35.5. The molecule has 0 aromatic heterocycles. The Morgan fingerprint density at radius 2 is 1.61 bits per heavy atom. The molecular weight excluding hydrogens is 436 g/mol. The molecule has 0 radical (unpaired) electrons. The molecule has 162 valence electrons. The summed E-state index contributed by atoms with van der Waals surface area (Å²) < 4.78 is 33.7. The third kappa shape index (κ3) is 6.55. The van der Waals surface area contributed by atoms with E-state index in [0.29, 0.717) is 23.1 Å². The van der Waals surface area contributed by atoms with Crippen molar-refractivity contribution in [3.05, 3.63) is 89.4 Å². The van der Waals surface area contributed by atoms with Crippen LogP contribution in [0.4, 0.5) is 5.69 Å². The Labute approximate surface area is 187 Å². The number of rotatable bonds is 9. The SMILES string of the molecule is CCOc1ccc(NC(=O)[C@@H](Cc2ccccc2)NS(=O)(=O)c2ccc(Cl)cc2)cc1. The Balaban J connectivity index is 1.81. The molecule has 3 aromatic rings. The zero-order valence-electron chi connectivity index (χ0n) is 16.9. The van der Waals surface area contributed by atoms with E-state index in [1.165, 1.54) is 24.3 Å². The van der Waals surface area contributed by atoms with E-state index in [4.69, 9.17) is 16.3 Å². The minimum absolute atomic E-state index is 0.0313. The van der Waals surface area contributed by atoms with Crippen molar-refractivity contribution in [3.8, 4) is 5.75 Å². The molecule has 0 saturated heterocycles. The van der Waals surface area contributed by atoms with Gasteiger partial charge in [0.1, 0.15) is 11.8 Å². The highest BCUT2D eigenvalue weighted by molar-refractivity contribution is 7.89. The zero-order valence-corrected chi connectivity index (χ0v) is 18.5. The smallest absolute Gasteiger partial charge is 0.242 e. The Morgan fingerprint density at radius 3 is 2.23 bits per heavy atom. The van der Waals surface area contributed by atoms with Crippen LogP contribution in [-0.2, 0) is 21.2 Å². The second-order valence-electron chi connectivity index (χ2n) is 6.76. The van der Waals surface area contributed by atoms with Crippen LogP contribution in [0, 0.1) is 0 Å². The molecule has 0 heterocycles. The van der Waals surface area contributed by atoms with Gasteiger partial charge in [0.15, 0.2) is 0 Å². The summed E-state index contributed by atoms with van der Waals surface area (Å²) in [5.74, 6) is 0.218. The number of nitrogens with one attached hydrogen (secondary N) is 2. The minimum atomic E-state index is -3.94. The highest BCUT2D eigenvalue weighted by Crippen LogP contribution is 2.18. The van der Waals surface area contributed by atoms with E-state index in [9.17, 15) is 13.2 Å². The van der Waals surface area contributed by atoms with E-state index in [1.807, 2.05) is 37.3 Å². The van der Waals surface area contributed by atoms with Crippen LogP contribution >= 0.6 is 11.6 Å². The number of amides is 1. The van der Waals surface area contributed by atoms with Gasteiger partial charge in [-0.25, -0.2) is 8.42 Å². The van der Waals surface area contributed by atoms with E-state index >= 15 is 0 Å². The molecule has 0 aliphatic heterocycles. The lowest BCUT2D eigenvalue weighted by Gasteiger charge is -2.19. The number of carbonyl (C=O) groups excluding carboxylic acids is 1. The fraction of sp³-hybridized carbons (Fsp3) is 0.174. The molecule has 0 saturated carbocycles. The summed E-state index contributed by atoms with van der Waals surface area (Å²) >= 11 is 5.86. The predicted octanol–water partition coefficient (Wildman–Crippen LogP) is 4.27. The summed E-state index contributed by atoms with van der Waals surface area (Å²) in [7, 11) is -3.94. The van der Waals surface area contributed by atoms with Gasteiger partial charge in [0, 0.05) is 10.7 Å². The first-order valence-electron chi connectivity index (χ1n) is 9.73. The fourth-order valence-corrected chi connectivity index (χ4v) is 4.26. The van der Waals surface area contributed by atoms with Crippen LogP contribution in [0.5, 0.6) is 5.75 Å². The number of hydrogen-bond acceptors (Lipinski definition) is 4. The number of hydrogen-bond donors (Lipinski definition) is 2. The molecule has 0 unspecified atom stereocenters. The van der Waals surface area contributed by atoms with Gasteiger partial charge in [-0.2, -0.15) is 4.72 Å². The summed E-state index contributed by atoms with van der Waals surface area (Å²) in [5.41, 5.74) is 1.37. The van der Waals surface area contributed by atoms with Crippen LogP contribution in [0.25, 0.3) is 0 Å².